The summed E-state index contributed by atoms with van der Waals surface area (Å²) >= 11 is 0. The van der Waals surface area contributed by atoms with E-state index < -0.39 is 17.8 Å². The van der Waals surface area contributed by atoms with Crippen molar-refractivity contribution in [2.24, 2.45) is 22.2 Å². The Hall–Kier alpha value is -2.84. The minimum atomic E-state index is -4.41. The molecule has 180 valence electrons. The number of fused-ring (bicyclic) bond motifs is 3. The zero-order valence-corrected chi connectivity index (χ0v) is 19.5. The van der Waals surface area contributed by atoms with Crippen LogP contribution in [0.5, 0.6) is 0 Å². The smallest absolute Gasteiger partial charge is 0.354 e. The van der Waals surface area contributed by atoms with Gasteiger partial charge in [0.2, 0.25) is 11.9 Å². The minimum Gasteiger partial charge on any atom is -0.354 e. The lowest BCUT2D eigenvalue weighted by molar-refractivity contribution is -0.205. The van der Waals surface area contributed by atoms with Gasteiger partial charge in [-0.05, 0) is 55.7 Å². The molecule has 2 aromatic rings. The van der Waals surface area contributed by atoms with Crippen LogP contribution < -0.4 is 10.8 Å². The number of alkyl halides is 3. The molecule has 1 aromatic carbocycles. The Morgan fingerprint density at radius 2 is 2.06 bits per heavy atom. The SMILES string of the molecule is Cc1c([C@@H](C)N=c2nc3n(c4c2CN(C(=O)C25CC(C2)[C@@H]5C)C4)CCN3)cccc1C(F)(F)F. The van der Waals surface area contributed by atoms with E-state index in [1.807, 2.05) is 4.90 Å². The van der Waals surface area contributed by atoms with Crippen molar-refractivity contribution in [2.75, 3.05) is 11.9 Å². The van der Waals surface area contributed by atoms with Gasteiger partial charge in [0.15, 0.2) is 5.49 Å². The molecule has 2 aliphatic heterocycles. The third-order valence-corrected chi connectivity index (χ3v) is 8.71. The minimum absolute atomic E-state index is 0.186. The van der Waals surface area contributed by atoms with E-state index in [2.05, 4.69) is 16.8 Å². The van der Waals surface area contributed by atoms with Gasteiger partial charge in [-0.3, -0.25) is 9.79 Å². The largest absolute Gasteiger partial charge is 0.416 e. The summed E-state index contributed by atoms with van der Waals surface area (Å²) < 4.78 is 42.4. The van der Waals surface area contributed by atoms with Crippen LogP contribution in [0, 0.1) is 24.2 Å². The summed E-state index contributed by atoms with van der Waals surface area (Å²) in [6.07, 6.45) is -2.42. The predicted octanol–water partition coefficient (Wildman–Crippen LogP) is 4.19. The maximum absolute atomic E-state index is 13.4. The molecule has 7 rings (SSSR count). The molecule has 6 nitrogen and oxygen atoms in total. The highest BCUT2D eigenvalue weighted by Crippen LogP contribution is 2.69. The lowest BCUT2D eigenvalue weighted by Gasteiger charge is -2.66. The van der Waals surface area contributed by atoms with Crippen molar-refractivity contribution in [3.05, 3.63) is 51.6 Å². The first-order valence-corrected chi connectivity index (χ1v) is 12.0. The average Bonchev–Trinajstić information content (AvgIpc) is 3.38. The van der Waals surface area contributed by atoms with Crippen LogP contribution in [-0.4, -0.2) is 26.9 Å². The van der Waals surface area contributed by atoms with Gasteiger partial charge in [-0.15, -0.1) is 0 Å². The van der Waals surface area contributed by atoms with Crippen molar-refractivity contribution >= 4 is 11.9 Å². The van der Waals surface area contributed by atoms with Crippen molar-refractivity contribution < 1.29 is 18.0 Å². The molecule has 1 aromatic heterocycles. The Morgan fingerprint density at radius 1 is 1.29 bits per heavy atom. The molecule has 5 aliphatic rings. The van der Waals surface area contributed by atoms with Crippen molar-refractivity contribution in [1.82, 2.24) is 14.5 Å². The topological polar surface area (TPSA) is 62.5 Å². The lowest BCUT2D eigenvalue weighted by atomic mass is 9.37. The Morgan fingerprint density at radius 3 is 2.71 bits per heavy atom. The summed E-state index contributed by atoms with van der Waals surface area (Å²) in [7, 11) is 0. The van der Waals surface area contributed by atoms with E-state index in [-0.39, 0.29) is 16.9 Å². The van der Waals surface area contributed by atoms with Crippen LogP contribution >= 0.6 is 0 Å². The van der Waals surface area contributed by atoms with Gasteiger partial charge in [0.25, 0.3) is 0 Å². The highest BCUT2D eigenvalue weighted by molar-refractivity contribution is 5.86. The summed E-state index contributed by atoms with van der Waals surface area (Å²) in [5, 5.41) is 3.27. The first-order chi connectivity index (χ1) is 16.1. The van der Waals surface area contributed by atoms with Gasteiger partial charge in [-0.2, -0.15) is 18.2 Å². The van der Waals surface area contributed by atoms with Crippen molar-refractivity contribution in [1.29, 1.82) is 0 Å². The highest BCUT2D eigenvalue weighted by Gasteiger charge is 2.68. The first-order valence-electron chi connectivity index (χ1n) is 12.0. The molecule has 3 saturated carbocycles. The van der Waals surface area contributed by atoms with Gasteiger partial charge in [-0.25, -0.2) is 0 Å². The number of carbonyl (C=O) groups excluding carboxylic acids is 1. The Labute approximate surface area is 195 Å². The maximum Gasteiger partial charge on any atom is 0.416 e. The molecule has 3 fully saturated rings. The second-order valence-electron chi connectivity index (χ2n) is 10.4. The number of aromatic nitrogens is 2. The fraction of sp³-hybridized carbons (Fsp3) is 0.560. The molecule has 0 radical (unpaired) electrons. The number of halogens is 3. The van der Waals surface area contributed by atoms with Gasteiger partial charge in [0, 0.05) is 24.3 Å². The van der Waals surface area contributed by atoms with Crippen LogP contribution in [0.1, 0.15) is 60.7 Å². The zero-order chi connectivity index (χ0) is 24.0. The molecule has 2 bridgehead atoms. The highest BCUT2D eigenvalue weighted by atomic mass is 19.4. The van der Waals surface area contributed by atoms with Gasteiger partial charge < -0.3 is 14.8 Å². The van der Waals surface area contributed by atoms with Crippen LogP contribution in [0.15, 0.2) is 23.2 Å². The number of benzene rings is 1. The molecule has 2 atom stereocenters. The molecule has 0 saturated heterocycles. The second kappa shape index (κ2) is 7.09. The molecule has 3 heterocycles. The zero-order valence-electron chi connectivity index (χ0n) is 19.5. The molecule has 9 heteroatoms. The van der Waals surface area contributed by atoms with E-state index >= 15 is 0 Å². The van der Waals surface area contributed by atoms with E-state index in [0.717, 1.165) is 43.3 Å². The van der Waals surface area contributed by atoms with Crippen LogP contribution in [0.25, 0.3) is 0 Å². The van der Waals surface area contributed by atoms with Crippen LogP contribution in [0.3, 0.4) is 0 Å². The number of hydrogen-bond acceptors (Lipinski definition) is 4. The van der Waals surface area contributed by atoms with Crippen LogP contribution in [0.2, 0.25) is 0 Å². The molecule has 3 aliphatic carbocycles. The van der Waals surface area contributed by atoms with Crippen LogP contribution in [-0.2, 0) is 30.6 Å². The Bertz CT molecular complexity index is 1270. The first kappa shape index (κ1) is 21.7. The van der Waals surface area contributed by atoms with Crippen molar-refractivity contribution in [2.45, 2.75) is 65.5 Å². The van der Waals surface area contributed by atoms with Crippen molar-refractivity contribution in [3.63, 3.8) is 0 Å². The van der Waals surface area contributed by atoms with Gasteiger partial charge in [0.1, 0.15) is 0 Å². The molecule has 1 amide bonds. The number of nitrogens with zero attached hydrogens (tertiary/aromatic N) is 4. The summed E-state index contributed by atoms with van der Waals surface area (Å²) in [6.45, 7) is 7.98. The third kappa shape index (κ3) is 2.91. The predicted molar refractivity (Wildman–Crippen MR) is 119 cm³/mol. The lowest BCUT2D eigenvalue weighted by Crippen LogP contribution is -2.66. The van der Waals surface area contributed by atoms with E-state index in [1.54, 1.807) is 13.0 Å². The van der Waals surface area contributed by atoms with E-state index in [9.17, 15) is 18.0 Å². The standard InChI is InChI=1S/C25H28F3N5O/c1-13-17(5-4-6-19(13)25(26,27)28)15(3)30-21-18-11-32(22(34)24-9-16(10-24)14(24)2)12-20(18)33-8-7-29-23(33)31-21/h4-6,14-16H,7-12H2,1-3H3,(H,29,30,31)/t14-,15+,16?,24?/m0/s1. The summed E-state index contributed by atoms with van der Waals surface area (Å²) in [6, 6.07) is 3.72. The maximum atomic E-state index is 13.4. The van der Waals surface area contributed by atoms with Gasteiger partial charge in [0.05, 0.1) is 30.1 Å². The molecular formula is C25H28F3N5O. The third-order valence-electron chi connectivity index (χ3n) is 8.71. The van der Waals surface area contributed by atoms with Gasteiger partial charge >= 0.3 is 6.18 Å². The summed E-state index contributed by atoms with van der Waals surface area (Å²) in [4.78, 5) is 24.9. The number of carbonyl (C=O) groups is 1. The number of nitrogens with one attached hydrogen (secondary N) is 1. The normalized spacial score (nSPS) is 28.1. The quantitative estimate of drug-likeness (QED) is 0.731. The monoisotopic (exact) mass is 471 g/mol. The summed E-state index contributed by atoms with van der Waals surface area (Å²) in [5.74, 6) is 2.08. The Kier molecular flexibility index (Phi) is 4.52. The number of hydrogen-bond donors (Lipinski definition) is 1. The molecule has 0 unspecified atom stereocenters. The number of anilines is 1. The van der Waals surface area contributed by atoms with Crippen molar-refractivity contribution in [3.8, 4) is 0 Å². The van der Waals surface area contributed by atoms with Crippen LogP contribution in [0.4, 0.5) is 19.1 Å². The molecule has 34 heavy (non-hydrogen) atoms. The fourth-order valence-electron chi connectivity index (χ4n) is 6.41. The van der Waals surface area contributed by atoms with E-state index in [1.165, 1.54) is 13.0 Å². The van der Waals surface area contributed by atoms with E-state index in [0.29, 0.717) is 41.9 Å². The fourth-order valence-corrected chi connectivity index (χ4v) is 6.41. The second-order valence-corrected chi connectivity index (χ2v) is 10.4. The van der Waals surface area contributed by atoms with E-state index in [4.69, 9.17) is 9.98 Å². The molecular weight excluding hydrogens is 443 g/mol. The molecule has 0 spiro atoms. The molecule has 1 N–H and O–H groups in total. The summed E-state index contributed by atoms with van der Waals surface area (Å²) in [5.41, 5.74) is 2.35. The number of rotatable bonds is 3. The average molecular weight is 472 g/mol. The number of amides is 1. The Balaban J connectivity index is 1.38. The van der Waals surface area contributed by atoms with Gasteiger partial charge in [-0.1, -0.05) is 19.1 Å².